The molecule has 1 unspecified atom stereocenters. The summed E-state index contributed by atoms with van der Waals surface area (Å²) in [5.74, 6) is 1.74. The molecule has 1 N–H and O–H groups in total. The monoisotopic (exact) mass is 357 g/mol. The van der Waals surface area contributed by atoms with Gasteiger partial charge in [-0.3, -0.25) is 4.79 Å². The first-order valence-corrected chi connectivity index (χ1v) is 8.76. The summed E-state index contributed by atoms with van der Waals surface area (Å²) in [7, 11) is 3.17. The molecule has 0 aliphatic carbocycles. The van der Waals surface area contributed by atoms with Crippen LogP contribution in [-0.2, 0) is 0 Å². The summed E-state index contributed by atoms with van der Waals surface area (Å²) in [5, 5.41) is 3.01. The van der Waals surface area contributed by atoms with E-state index in [9.17, 15) is 4.79 Å². The van der Waals surface area contributed by atoms with Gasteiger partial charge in [0.15, 0.2) is 11.5 Å². The number of methoxy groups -OCH3 is 2. The average molecular weight is 357 g/mol. The van der Waals surface area contributed by atoms with Crippen molar-refractivity contribution in [2.75, 3.05) is 20.8 Å². The van der Waals surface area contributed by atoms with E-state index in [4.69, 9.17) is 14.2 Å². The van der Waals surface area contributed by atoms with E-state index in [2.05, 4.69) is 12.2 Å². The Bertz CT molecular complexity index is 758. The summed E-state index contributed by atoms with van der Waals surface area (Å²) in [5.41, 5.74) is 2.46. The number of ether oxygens (including phenoxy) is 3. The van der Waals surface area contributed by atoms with Crippen molar-refractivity contribution in [3.8, 4) is 17.2 Å². The van der Waals surface area contributed by atoms with Crippen molar-refractivity contribution in [1.29, 1.82) is 0 Å². The number of aryl methyl sites for hydroxylation is 1. The molecule has 140 valence electrons. The molecule has 5 heteroatoms. The Kier molecular flexibility index (Phi) is 6.89. The zero-order chi connectivity index (χ0) is 19.1. The van der Waals surface area contributed by atoms with Crippen LogP contribution < -0.4 is 19.5 Å². The number of amides is 1. The predicted octanol–water partition coefficient (Wildman–Crippen LogP) is 4.29. The SMILES string of the molecule is CCCOc1ccc(C(C)NC(=O)c2cc(C)ccc2OC)cc1OC. The number of hydrogen-bond donors (Lipinski definition) is 1. The van der Waals surface area contributed by atoms with Crippen molar-refractivity contribution in [3.63, 3.8) is 0 Å². The zero-order valence-electron chi connectivity index (χ0n) is 16.1. The molecule has 26 heavy (non-hydrogen) atoms. The minimum absolute atomic E-state index is 0.177. The van der Waals surface area contributed by atoms with Crippen molar-refractivity contribution >= 4 is 5.91 Å². The minimum Gasteiger partial charge on any atom is -0.496 e. The Morgan fingerprint density at radius 1 is 1.04 bits per heavy atom. The van der Waals surface area contributed by atoms with Crippen molar-refractivity contribution in [2.24, 2.45) is 0 Å². The second-order valence-electron chi connectivity index (χ2n) is 6.16. The smallest absolute Gasteiger partial charge is 0.255 e. The quantitative estimate of drug-likeness (QED) is 0.766. The van der Waals surface area contributed by atoms with Gasteiger partial charge in [0.05, 0.1) is 32.4 Å². The van der Waals surface area contributed by atoms with Gasteiger partial charge in [0, 0.05) is 0 Å². The van der Waals surface area contributed by atoms with Gasteiger partial charge in [0.2, 0.25) is 0 Å². The molecule has 0 aliphatic heterocycles. The molecule has 2 aromatic carbocycles. The maximum atomic E-state index is 12.7. The van der Waals surface area contributed by atoms with Crippen LogP contribution in [0.25, 0.3) is 0 Å². The van der Waals surface area contributed by atoms with Gasteiger partial charge in [-0.2, -0.15) is 0 Å². The predicted molar refractivity (Wildman–Crippen MR) is 102 cm³/mol. The third kappa shape index (κ3) is 4.69. The second-order valence-corrected chi connectivity index (χ2v) is 6.16. The van der Waals surface area contributed by atoms with Gasteiger partial charge in [0.1, 0.15) is 5.75 Å². The topological polar surface area (TPSA) is 56.8 Å². The molecule has 0 saturated carbocycles. The highest BCUT2D eigenvalue weighted by atomic mass is 16.5. The van der Waals surface area contributed by atoms with Gasteiger partial charge in [-0.15, -0.1) is 0 Å². The van der Waals surface area contributed by atoms with E-state index >= 15 is 0 Å². The van der Waals surface area contributed by atoms with Crippen LogP contribution in [0.4, 0.5) is 0 Å². The number of rotatable bonds is 8. The molecule has 5 nitrogen and oxygen atoms in total. The lowest BCUT2D eigenvalue weighted by molar-refractivity contribution is 0.0936. The molecular weight excluding hydrogens is 330 g/mol. The Labute approximate surface area is 155 Å². The first kappa shape index (κ1) is 19.6. The van der Waals surface area contributed by atoms with Gasteiger partial charge in [-0.1, -0.05) is 24.6 Å². The van der Waals surface area contributed by atoms with E-state index in [0.29, 0.717) is 29.4 Å². The van der Waals surface area contributed by atoms with Gasteiger partial charge in [-0.05, 0) is 50.1 Å². The number of nitrogens with one attached hydrogen (secondary N) is 1. The molecular formula is C21H27NO4. The first-order chi connectivity index (χ1) is 12.5. The molecule has 0 saturated heterocycles. The van der Waals surface area contributed by atoms with Crippen molar-refractivity contribution in [2.45, 2.75) is 33.2 Å². The van der Waals surface area contributed by atoms with Crippen molar-refractivity contribution in [3.05, 3.63) is 53.1 Å². The lowest BCUT2D eigenvalue weighted by Crippen LogP contribution is -2.27. The van der Waals surface area contributed by atoms with Gasteiger partial charge in [0.25, 0.3) is 5.91 Å². The number of hydrogen-bond acceptors (Lipinski definition) is 4. The highest BCUT2D eigenvalue weighted by Gasteiger charge is 2.17. The molecule has 0 radical (unpaired) electrons. The van der Waals surface area contributed by atoms with Crippen LogP contribution >= 0.6 is 0 Å². The molecule has 0 heterocycles. The lowest BCUT2D eigenvalue weighted by Gasteiger charge is -2.18. The van der Waals surface area contributed by atoms with E-state index in [0.717, 1.165) is 17.5 Å². The Balaban J connectivity index is 2.18. The normalized spacial score (nSPS) is 11.6. The summed E-state index contributed by atoms with van der Waals surface area (Å²) in [6, 6.07) is 11.1. The summed E-state index contributed by atoms with van der Waals surface area (Å²) < 4.78 is 16.4. The number of benzene rings is 2. The van der Waals surface area contributed by atoms with Crippen LogP contribution in [0, 0.1) is 6.92 Å². The fourth-order valence-electron chi connectivity index (χ4n) is 2.64. The summed E-state index contributed by atoms with van der Waals surface area (Å²) >= 11 is 0. The molecule has 0 aromatic heterocycles. The molecule has 2 aromatic rings. The van der Waals surface area contributed by atoms with Gasteiger partial charge >= 0.3 is 0 Å². The van der Waals surface area contributed by atoms with E-state index in [1.807, 2.05) is 44.2 Å². The molecule has 2 rings (SSSR count). The van der Waals surface area contributed by atoms with E-state index in [1.54, 1.807) is 20.3 Å². The number of carbonyl (C=O) groups excluding carboxylic acids is 1. The molecule has 0 fully saturated rings. The maximum absolute atomic E-state index is 12.7. The Hall–Kier alpha value is -2.69. The van der Waals surface area contributed by atoms with E-state index < -0.39 is 0 Å². The van der Waals surface area contributed by atoms with Crippen LogP contribution in [0.1, 0.15) is 47.8 Å². The second kappa shape index (κ2) is 9.13. The van der Waals surface area contributed by atoms with E-state index in [-0.39, 0.29) is 11.9 Å². The fourth-order valence-corrected chi connectivity index (χ4v) is 2.64. The largest absolute Gasteiger partial charge is 0.496 e. The van der Waals surface area contributed by atoms with Crippen molar-refractivity contribution in [1.82, 2.24) is 5.32 Å². The van der Waals surface area contributed by atoms with Gasteiger partial charge in [-0.25, -0.2) is 0 Å². The van der Waals surface area contributed by atoms with Gasteiger partial charge < -0.3 is 19.5 Å². The van der Waals surface area contributed by atoms with Crippen molar-refractivity contribution < 1.29 is 19.0 Å². The third-order valence-electron chi connectivity index (χ3n) is 4.10. The highest BCUT2D eigenvalue weighted by molar-refractivity contribution is 5.97. The Morgan fingerprint density at radius 2 is 1.73 bits per heavy atom. The first-order valence-electron chi connectivity index (χ1n) is 8.76. The molecule has 0 spiro atoms. The van der Waals surface area contributed by atoms with Crippen LogP contribution in [-0.4, -0.2) is 26.7 Å². The third-order valence-corrected chi connectivity index (χ3v) is 4.10. The van der Waals surface area contributed by atoms with Crippen LogP contribution in [0.15, 0.2) is 36.4 Å². The molecule has 0 aliphatic rings. The minimum atomic E-state index is -0.193. The molecule has 1 atom stereocenters. The van der Waals surface area contributed by atoms with Crippen LogP contribution in [0.5, 0.6) is 17.2 Å². The average Bonchev–Trinajstić information content (AvgIpc) is 2.65. The summed E-state index contributed by atoms with van der Waals surface area (Å²) in [4.78, 5) is 12.7. The molecule has 1 amide bonds. The standard InChI is InChI=1S/C21H27NO4/c1-6-11-26-19-10-8-16(13-20(19)25-5)15(3)22-21(23)17-12-14(2)7-9-18(17)24-4/h7-10,12-13,15H,6,11H2,1-5H3,(H,22,23). The summed E-state index contributed by atoms with van der Waals surface area (Å²) in [6.45, 7) is 6.56. The highest BCUT2D eigenvalue weighted by Crippen LogP contribution is 2.30. The van der Waals surface area contributed by atoms with Crippen LogP contribution in [0.3, 0.4) is 0 Å². The lowest BCUT2D eigenvalue weighted by atomic mass is 10.1. The summed E-state index contributed by atoms with van der Waals surface area (Å²) in [6.07, 6.45) is 0.926. The zero-order valence-corrected chi connectivity index (χ0v) is 16.1. The van der Waals surface area contributed by atoms with Crippen LogP contribution in [0.2, 0.25) is 0 Å². The number of carbonyl (C=O) groups is 1. The molecule has 0 bridgehead atoms. The fraction of sp³-hybridized carbons (Fsp3) is 0.381. The van der Waals surface area contributed by atoms with E-state index in [1.165, 1.54) is 0 Å². The Morgan fingerprint density at radius 3 is 2.38 bits per heavy atom. The maximum Gasteiger partial charge on any atom is 0.255 e.